The Hall–Kier alpha value is -3.81. The van der Waals surface area contributed by atoms with Crippen LogP contribution in [0.1, 0.15) is 10.4 Å². The first-order valence-electron chi connectivity index (χ1n) is 8.69. The summed E-state index contributed by atoms with van der Waals surface area (Å²) in [6.45, 7) is 0. The molecule has 8 nitrogen and oxygen atoms in total. The number of hydrogen-bond donors (Lipinski definition) is 1. The molecule has 0 aromatic carbocycles. The van der Waals surface area contributed by atoms with E-state index in [9.17, 15) is 4.79 Å². The molecule has 4 rings (SSSR count). The highest BCUT2D eigenvalue weighted by Gasteiger charge is 2.11. The van der Waals surface area contributed by atoms with Gasteiger partial charge in [0, 0.05) is 50.6 Å². The molecular formula is C20H19N7O. The summed E-state index contributed by atoms with van der Waals surface area (Å²) in [4.78, 5) is 31.8. The van der Waals surface area contributed by atoms with E-state index in [0.717, 1.165) is 22.3 Å². The summed E-state index contributed by atoms with van der Waals surface area (Å²) in [6, 6.07) is 9.05. The Kier molecular flexibility index (Phi) is 4.44. The summed E-state index contributed by atoms with van der Waals surface area (Å²) in [5.74, 6) is 0.900. The van der Waals surface area contributed by atoms with Gasteiger partial charge in [-0.3, -0.25) is 4.79 Å². The molecule has 0 aliphatic rings. The highest BCUT2D eigenvalue weighted by atomic mass is 16.1. The first-order valence-corrected chi connectivity index (χ1v) is 8.69. The van der Waals surface area contributed by atoms with Gasteiger partial charge in [0.2, 0.25) is 0 Å². The Bertz CT molecular complexity index is 1170. The average Bonchev–Trinajstić information content (AvgIpc) is 3.13. The number of nitrogens with zero attached hydrogens (tertiary/aromatic N) is 6. The quantitative estimate of drug-likeness (QED) is 0.592. The van der Waals surface area contributed by atoms with E-state index in [2.05, 4.69) is 25.3 Å². The van der Waals surface area contributed by atoms with E-state index in [1.807, 2.05) is 42.7 Å². The summed E-state index contributed by atoms with van der Waals surface area (Å²) in [5, 5.41) is 3.72. The lowest BCUT2D eigenvalue weighted by Gasteiger charge is -2.12. The minimum Gasteiger partial charge on any atom is -0.363 e. The van der Waals surface area contributed by atoms with Crippen LogP contribution in [-0.4, -0.2) is 44.5 Å². The molecule has 0 unspecified atom stereocenters. The topological polar surface area (TPSA) is 88.8 Å². The molecule has 0 fully saturated rings. The number of amides is 1. The van der Waals surface area contributed by atoms with E-state index in [0.29, 0.717) is 17.2 Å². The third kappa shape index (κ3) is 3.39. The van der Waals surface area contributed by atoms with Gasteiger partial charge in [-0.05, 0) is 24.3 Å². The number of aromatic nitrogens is 5. The van der Waals surface area contributed by atoms with E-state index >= 15 is 0 Å². The van der Waals surface area contributed by atoms with Crippen molar-refractivity contribution >= 4 is 28.4 Å². The van der Waals surface area contributed by atoms with Crippen LogP contribution in [0, 0.1) is 0 Å². The number of imidazole rings is 1. The monoisotopic (exact) mass is 373 g/mol. The molecule has 1 amide bonds. The third-order valence-corrected chi connectivity index (χ3v) is 4.36. The minimum absolute atomic E-state index is 0.250. The molecule has 8 heteroatoms. The number of nitrogens with one attached hydrogen (secondary N) is 1. The van der Waals surface area contributed by atoms with Crippen LogP contribution < -0.4 is 10.2 Å². The molecule has 0 aliphatic heterocycles. The Balaban J connectivity index is 1.63. The molecule has 4 heterocycles. The molecule has 0 bridgehead atoms. The molecule has 0 saturated heterocycles. The zero-order valence-electron chi connectivity index (χ0n) is 15.8. The average molecular weight is 373 g/mol. The molecule has 0 radical (unpaired) electrons. The van der Waals surface area contributed by atoms with Gasteiger partial charge >= 0.3 is 0 Å². The van der Waals surface area contributed by atoms with Crippen molar-refractivity contribution in [2.45, 2.75) is 0 Å². The fraction of sp³-hybridized carbons (Fsp3) is 0.150. The van der Waals surface area contributed by atoms with Crippen molar-refractivity contribution in [1.82, 2.24) is 24.5 Å². The van der Waals surface area contributed by atoms with Gasteiger partial charge in [0.05, 0.1) is 29.4 Å². The van der Waals surface area contributed by atoms with Crippen LogP contribution in [0.4, 0.5) is 11.6 Å². The van der Waals surface area contributed by atoms with Crippen LogP contribution in [0.5, 0.6) is 0 Å². The summed E-state index contributed by atoms with van der Waals surface area (Å²) >= 11 is 0. The van der Waals surface area contributed by atoms with Gasteiger partial charge < -0.3 is 14.8 Å². The molecule has 28 heavy (non-hydrogen) atoms. The van der Waals surface area contributed by atoms with Crippen molar-refractivity contribution in [3.63, 3.8) is 0 Å². The molecule has 1 N–H and O–H groups in total. The normalized spacial score (nSPS) is 10.8. The molecule has 0 atom stereocenters. The second-order valence-electron chi connectivity index (χ2n) is 6.60. The Morgan fingerprint density at radius 1 is 1.11 bits per heavy atom. The lowest BCUT2D eigenvalue weighted by Crippen LogP contribution is -2.15. The zero-order chi connectivity index (χ0) is 19.7. The number of pyridine rings is 3. The van der Waals surface area contributed by atoms with Crippen LogP contribution in [0.25, 0.3) is 22.3 Å². The van der Waals surface area contributed by atoms with Crippen molar-refractivity contribution in [3.8, 4) is 11.4 Å². The summed E-state index contributed by atoms with van der Waals surface area (Å²) in [7, 11) is 5.67. The van der Waals surface area contributed by atoms with Gasteiger partial charge in [-0.2, -0.15) is 0 Å². The van der Waals surface area contributed by atoms with Crippen LogP contribution >= 0.6 is 0 Å². The molecule has 4 aromatic rings. The van der Waals surface area contributed by atoms with Crippen molar-refractivity contribution in [3.05, 3.63) is 60.8 Å². The van der Waals surface area contributed by atoms with Crippen LogP contribution in [0.3, 0.4) is 0 Å². The van der Waals surface area contributed by atoms with Gasteiger partial charge in [-0.15, -0.1) is 0 Å². The number of rotatable bonds is 4. The fourth-order valence-corrected chi connectivity index (χ4v) is 2.82. The molecule has 140 valence electrons. The first kappa shape index (κ1) is 17.6. The summed E-state index contributed by atoms with van der Waals surface area (Å²) < 4.78 is 1.91. The Morgan fingerprint density at radius 2 is 1.96 bits per heavy atom. The first-order chi connectivity index (χ1) is 13.5. The van der Waals surface area contributed by atoms with E-state index in [-0.39, 0.29) is 5.91 Å². The van der Waals surface area contributed by atoms with Gasteiger partial charge in [0.15, 0.2) is 0 Å². The number of aryl methyl sites for hydroxylation is 1. The maximum atomic E-state index is 12.6. The third-order valence-electron chi connectivity index (χ3n) is 4.36. The maximum absolute atomic E-state index is 12.6. The van der Waals surface area contributed by atoms with Gasteiger partial charge in [-0.25, -0.2) is 19.9 Å². The standard InChI is InChI=1S/C20H19N7O/c1-26(2)19-8-13(6-7-22-19)20(28)25-18-9-16-14(10-23-18)4-5-15(24-16)17-11-21-12-27(17)3/h4-12H,1-3H3,(H,23,25,28). The fourth-order valence-electron chi connectivity index (χ4n) is 2.82. The zero-order valence-corrected chi connectivity index (χ0v) is 15.8. The predicted octanol–water partition coefficient (Wildman–Crippen LogP) is 2.74. The van der Waals surface area contributed by atoms with Crippen molar-refractivity contribution < 1.29 is 4.79 Å². The second kappa shape index (κ2) is 7.07. The highest BCUT2D eigenvalue weighted by molar-refractivity contribution is 6.04. The number of anilines is 2. The van der Waals surface area contributed by atoms with Crippen LogP contribution in [-0.2, 0) is 7.05 Å². The van der Waals surface area contributed by atoms with Crippen LogP contribution in [0.15, 0.2) is 55.2 Å². The van der Waals surface area contributed by atoms with Crippen molar-refractivity contribution in [2.24, 2.45) is 7.05 Å². The van der Waals surface area contributed by atoms with Crippen molar-refractivity contribution in [1.29, 1.82) is 0 Å². The molecule has 0 aliphatic carbocycles. The van der Waals surface area contributed by atoms with E-state index < -0.39 is 0 Å². The Labute approximate surface area is 161 Å². The minimum atomic E-state index is -0.250. The lowest BCUT2D eigenvalue weighted by molar-refractivity contribution is 0.102. The number of hydrogen-bond acceptors (Lipinski definition) is 6. The number of fused-ring (bicyclic) bond motifs is 1. The maximum Gasteiger partial charge on any atom is 0.257 e. The van der Waals surface area contributed by atoms with E-state index in [4.69, 9.17) is 0 Å². The second-order valence-corrected chi connectivity index (χ2v) is 6.60. The van der Waals surface area contributed by atoms with Gasteiger partial charge in [-0.1, -0.05) is 0 Å². The van der Waals surface area contributed by atoms with E-state index in [1.165, 1.54) is 0 Å². The number of carbonyl (C=O) groups is 1. The molecule has 0 spiro atoms. The Morgan fingerprint density at radius 3 is 2.71 bits per heavy atom. The predicted molar refractivity (Wildman–Crippen MR) is 108 cm³/mol. The smallest absolute Gasteiger partial charge is 0.257 e. The molecule has 4 aromatic heterocycles. The number of carbonyl (C=O) groups excluding carboxylic acids is 1. The van der Waals surface area contributed by atoms with Crippen molar-refractivity contribution in [2.75, 3.05) is 24.3 Å². The van der Waals surface area contributed by atoms with Crippen LogP contribution in [0.2, 0.25) is 0 Å². The van der Waals surface area contributed by atoms with E-state index in [1.54, 1.807) is 43.1 Å². The SMILES string of the molecule is CN(C)c1cc(C(=O)Nc2cc3nc(-c4cncn4C)ccc3cn2)ccn1. The molecule has 0 saturated carbocycles. The largest absolute Gasteiger partial charge is 0.363 e. The highest BCUT2D eigenvalue weighted by Crippen LogP contribution is 2.22. The lowest BCUT2D eigenvalue weighted by atomic mass is 10.2. The molecular weight excluding hydrogens is 354 g/mol. The summed E-state index contributed by atoms with van der Waals surface area (Å²) in [6.07, 6.45) is 6.81. The van der Waals surface area contributed by atoms with Gasteiger partial charge in [0.1, 0.15) is 11.6 Å². The van der Waals surface area contributed by atoms with Gasteiger partial charge in [0.25, 0.3) is 5.91 Å². The summed E-state index contributed by atoms with van der Waals surface area (Å²) in [5.41, 5.74) is 2.97.